The number of hydrogen-bond donors (Lipinski definition) is 1. The van der Waals surface area contributed by atoms with E-state index in [4.69, 9.17) is 4.42 Å². The molecule has 0 aliphatic rings. The zero-order valence-corrected chi connectivity index (χ0v) is 9.15. The molecule has 2 aromatic rings. The Labute approximate surface area is 98.3 Å². The van der Waals surface area contributed by atoms with Crippen LogP contribution in [-0.2, 0) is 17.8 Å². The summed E-state index contributed by atoms with van der Waals surface area (Å²) in [7, 11) is 0. The number of nitrogens with one attached hydrogen (secondary N) is 1. The lowest BCUT2D eigenvalue weighted by Crippen LogP contribution is -2.24. The van der Waals surface area contributed by atoms with Gasteiger partial charge in [0.15, 0.2) is 0 Å². The van der Waals surface area contributed by atoms with E-state index in [2.05, 4.69) is 5.32 Å². The molecule has 3 nitrogen and oxygen atoms in total. The highest BCUT2D eigenvalue weighted by molar-refractivity contribution is 5.78. The zero-order chi connectivity index (χ0) is 12.1. The number of carbonyl (C=O) groups is 1. The van der Waals surface area contributed by atoms with E-state index in [0.29, 0.717) is 17.9 Å². The van der Waals surface area contributed by atoms with Crippen molar-refractivity contribution in [1.82, 2.24) is 5.32 Å². The van der Waals surface area contributed by atoms with E-state index in [0.717, 1.165) is 0 Å². The monoisotopic (exact) mass is 233 g/mol. The Bertz CT molecular complexity index is 494. The Hall–Kier alpha value is -2.10. The number of halogens is 1. The summed E-state index contributed by atoms with van der Waals surface area (Å²) < 4.78 is 18.3. The molecule has 0 unspecified atom stereocenters. The van der Waals surface area contributed by atoms with Crippen molar-refractivity contribution in [3.8, 4) is 0 Å². The third kappa shape index (κ3) is 3.17. The molecule has 0 fully saturated rings. The molecule has 0 atom stereocenters. The maximum atomic E-state index is 13.3. The van der Waals surface area contributed by atoms with Crippen molar-refractivity contribution in [1.29, 1.82) is 0 Å². The molecule has 4 heteroatoms. The number of carbonyl (C=O) groups excluding carboxylic acids is 1. The number of benzene rings is 1. The number of hydrogen-bond acceptors (Lipinski definition) is 2. The van der Waals surface area contributed by atoms with E-state index in [9.17, 15) is 9.18 Å². The first-order valence-electron chi connectivity index (χ1n) is 5.28. The molecule has 1 aromatic carbocycles. The molecule has 2 rings (SSSR count). The number of rotatable bonds is 4. The lowest BCUT2D eigenvalue weighted by Gasteiger charge is -2.04. The lowest BCUT2D eigenvalue weighted by atomic mass is 10.1. The van der Waals surface area contributed by atoms with Crippen LogP contribution in [0.2, 0.25) is 0 Å². The Morgan fingerprint density at radius 1 is 1.24 bits per heavy atom. The van der Waals surface area contributed by atoms with Crippen LogP contribution < -0.4 is 5.32 Å². The summed E-state index contributed by atoms with van der Waals surface area (Å²) in [6.07, 6.45) is 1.58. The molecule has 17 heavy (non-hydrogen) atoms. The molecule has 0 radical (unpaired) electrons. The standard InChI is InChI=1S/C13H12FNO2/c14-12-6-2-1-4-10(12)8-13(16)15-9-11-5-3-7-17-11/h1-7H,8-9H2,(H,15,16). The molecule has 1 N–H and O–H groups in total. The lowest BCUT2D eigenvalue weighted by molar-refractivity contribution is -0.120. The van der Waals surface area contributed by atoms with Crippen LogP contribution >= 0.6 is 0 Å². The average Bonchev–Trinajstić information content (AvgIpc) is 2.82. The first-order chi connectivity index (χ1) is 8.25. The van der Waals surface area contributed by atoms with Crippen molar-refractivity contribution < 1.29 is 13.6 Å². The van der Waals surface area contributed by atoms with Gasteiger partial charge in [-0.15, -0.1) is 0 Å². The van der Waals surface area contributed by atoms with Gasteiger partial charge >= 0.3 is 0 Å². The van der Waals surface area contributed by atoms with Crippen LogP contribution in [0.4, 0.5) is 4.39 Å². The predicted octanol–water partition coefficient (Wildman–Crippen LogP) is 2.28. The largest absolute Gasteiger partial charge is 0.467 e. The molecule has 0 saturated carbocycles. The Morgan fingerprint density at radius 3 is 2.76 bits per heavy atom. The summed E-state index contributed by atoms with van der Waals surface area (Å²) in [5, 5.41) is 2.66. The van der Waals surface area contributed by atoms with Gasteiger partial charge in [0.25, 0.3) is 0 Å². The fourth-order valence-corrected chi connectivity index (χ4v) is 1.48. The van der Waals surface area contributed by atoms with E-state index >= 15 is 0 Å². The summed E-state index contributed by atoms with van der Waals surface area (Å²) in [5.41, 5.74) is 0.393. The van der Waals surface area contributed by atoms with Crippen LogP contribution in [-0.4, -0.2) is 5.91 Å². The zero-order valence-electron chi connectivity index (χ0n) is 9.15. The molecular weight excluding hydrogens is 221 g/mol. The minimum absolute atomic E-state index is 0.0351. The second-order valence-corrected chi connectivity index (χ2v) is 3.62. The molecule has 1 heterocycles. The van der Waals surface area contributed by atoms with Crippen molar-refractivity contribution >= 4 is 5.91 Å². The van der Waals surface area contributed by atoms with E-state index < -0.39 is 0 Å². The summed E-state index contributed by atoms with van der Waals surface area (Å²) in [4.78, 5) is 11.5. The summed E-state index contributed by atoms with van der Waals surface area (Å²) in [6.45, 7) is 0.320. The minimum atomic E-state index is -0.361. The van der Waals surface area contributed by atoms with Gasteiger partial charge in [0, 0.05) is 0 Å². The van der Waals surface area contributed by atoms with Crippen LogP contribution in [0.25, 0.3) is 0 Å². The van der Waals surface area contributed by atoms with E-state index in [-0.39, 0.29) is 18.1 Å². The molecular formula is C13H12FNO2. The second-order valence-electron chi connectivity index (χ2n) is 3.62. The molecule has 0 bridgehead atoms. The first-order valence-corrected chi connectivity index (χ1v) is 5.28. The normalized spacial score (nSPS) is 10.2. The van der Waals surface area contributed by atoms with E-state index in [1.807, 2.05) is 0 Å². The van der Waals surface area contributed by atoms with Crippen LogP contribution in [0, 0.1) is 5.82 Å². The van der Waals surface area contributed by atoms with Gasteiger partial charge in [0.2, 0.25) is 5.91 Å². The van der Waals surface area contributed by atoms with Gasteiger partial charge in [-0.1, -0.05) is 18.2 Å². The van der Waals surface area contributed by atoms with Gasteiger partial charge in [0.1, 0.15) is 11.6 Å². The average molecular weight is 233 g/mol. The van der Waals surface area contributed by atoms with Gasteiger partial charge in [-0.05, 0) is 23.8 Å². The quantitative estimate of drug-likeness (QED) is 0.880. The molecule has 1 aromatic heterocycles. The summed E-state index contributed by atoms with van der Waals surface area (Å²) in [5.74, 6) is 0.0824. The smallest absolute Gasteiger partial charge is 0.224 e. The number of amides is 1. The van der Waals surface area contributed by atoms with Crippen molar-refractivity contribution in [2.45, 2.75) is 13.0 Å². The van der Waals surface area contributed by atoms with Gasteiger partial charge in [-0.3, -0.25) is 4.79 Å². The van der Waals surface area contributed by atoms with Crippen molar-refractivity contribution in [3.63, 3.8) is 0 Å². The fraction of sp³-hybridized carbons (Fsp3) is 0.154. The Kier molecular flexibility index (Phi) is 3.55. The molecule has 0 spiro atoms. The Morgan fingerprint density at radius 2 is 2.06 bits per heavy atom. The van der Waals surface area contributed by atoms with Crippen LogP contribution in [0.1, 0.15) is 11.3 Å². The van der Waals surface area contributed by atoms with Crippen LogP contribution in [0.5, 0.6) is 0 Å². The molecule has 88 valence electrons. The summed E-state index contributed by atoms with van der Waals surface area (Å²) in [6, 6.07) is 9.76. The van der Waals surface area contributed by atoms with Gasteiger partial charge in [-0.2, -0.15) is 0 Å². The van der Waals surface area contributed by atoms with Gasteiger partial charge in [-0.25, -0.2) is 4.39 Å². The van der Waals surface area contributed by atoms with Crippen molar-refractivity contribution in [3.05, 3.63) is 59.8 Å². The van der Waals surface area contributed by atoms with Crippen LogP contribution in [0.15, 0.2) is 47.1 Å². The van der Waals surface area contributed by atoms with E-state index in [1.54, 1.807) is 36.6 Å². The second kappa shape index (κ2) is 5.30. The Balaban J connectivity index is 1.87. The highest BCUT2D eigenvalue weighted by Crippen LogP contribution is 2.07. The maximum Gasteiger partial charge on any atom is 0.224 e. The number of furan rings is 1. The topological polar surface area (TPSA) is 42.2 Å². The molecule has 1 amide bonds. The third-order valence-corrected chi connectivity index (χ3v) is 2.35. The molecule has 0 saturated heterocycles. The fourth-order valence-electron chi connectivity index (χ4n) is 1.48. The minimum Gasteiger partial charge on any atom is -0.467 e. The van der Waals surface area contributed by atoms with Crippen LogP contribution in [0.3, 0.4) is 0 Å². The SMILES string of the molecule is O=C(Cc1ccccc1F)NCc1ccco1. The predicted molar refractivity (Wildman–Crippen MR) is 60.7 cm³/mol. The molecule has 0 aliphatic heterocycles. The van der Waals surface area contributed by atoms with Crippen molar-refractivity contribution in [2.24, 2.45) is 0 Å². The third-order valence-electron chi connectivity index (χ3n) is 2.35. The van der Waals surface area contributed by atoms with Gasteiger partial charge in [0.05, 0.1) is 19.2 Å². The highest BCUT2D eigenvalue weighted by atomic mass is 19.1. The van der Waals surface area contributed by atoms with E-state index in [1.165, 1.54) is 6.07 Å². The highest BCUT2D eigenvalue weighted by Gasteiger charge is 2.07. The summed E-state index contributed by atoms with van der Waals surface area (Å²) >= 11 is 0. The van der Waals surface area contributed by atoms with Gasteiger partial charge < -0.3 is 9.73 Å². The first kappa shape index (κ1) is 11.4. The maximum absolute atomic E-state index is 13.3. The molecule has 0 aliphatic carbocycles. The van der Waals surface area contributed by atoms with Crippen molar-refractivity contribution in [2.75, 3.05) is 0 Å².